The Kier molecular flexibility index (Phi) is 6.53. The highest BCUT2D eigenvalue weighted by Crippen LogP contribution is 2.45. The molecule has 2 bridgehead atoms. The van der Waals surface area contributed by atoms with E-state index in [2.05, 4.69) is 46.2 Å². The van der Waals surface area contributed by atoms with E-state index in [4.69, 9.17) is 25.0 Å². The summed E-state index contributed by atoms with van der Waals surface area (Å²) in [5.41, 5.74) is 0.507. The van der Waals surface area contributed by atoms with Gasteiger partial charge < -0.3 is 24.8 Å². The SMILES string of the molecule is [2H]C([2H])([2H])Oc1nc(-c2cc(O)cc3ccc(F)c(C#C)c23)c(F)c2nc(OCC34CC(=C)CN3CC(=C)C4)nc(N3CC4CCC(CC)(C3)N4)c12. The summed E-state index contributed by atoms with van der Waals surface area (Å²) in [6, 6.07) is 5.12. The normalized spacial score (nSPS) is 24.2. The molecular formula is C38H38F2N6O3. The molecule has 4 aliphatic heterocycles. The summed E-state index contributed by atoms with van der Waals surface area (Å²) in [4.78, 5) is 18.1. The Labute approximate surface area is 287 Å². The van der Waals surface area contributed by atoms with Crippen molar-refractivity contribution in [3.63, 3.8) is 0 Å². The molecule has 2 aromatic heterocycles. The van der Waals surface area contributed by atoms with Gasteiger partial charge in [0.1, 0.15) is 40.6 Å². The highest BCUT2D eigenvalue weighted by atomic mass is 19.1. The summed E-state index contributed by atoms with van der Waals surface area (Å²) < 4.78 is 68.5. The lowest BCUT2D eigenvalue weighted by Crippen LogP contribution is -2.59. The Morgan fingerprint density at radius 3 is 2.69 bits per heavy atom. The number of piperazine rings is 1. The second kappa shape index (κ2) is 11.4. The monoisotopic (exact) mass is 667 g/mol. The maximum absolute atomic E-state index is 17.4. The number of benzene rings is 2. The Hall–Kier alpha value is -4.79. The van der Waals surface area contributed by atoms with Crippen LogP contribution in [0.2, 0.25) is 0 Å². The van der Waals surface area contributed by atoms with E-state index in [-0.39, 0.29) is 63.2 Å². The fraction of sp³-hybridized carbons (Fsp3) is 0.395. The summed E-state index contributed by atoms with van der Waals surface area (Å²) >= 11 is 0. The maximum atomic E-state index is 17.4. The summed E-state index contributed by atoms with van der Waals surface area (Å²) in [5, 5.41) is 14.8. The Morgan fingerprint density at radius 1 is 1.16 bits per heavy atom. The van der Waals surface area contributed by atoms with Crippen molar-refractivity contribution in [1.29, 1.82) is 0 Å². The second-order valence-corrected chi connectivity index (χ2v) is 14.0. The Morgan fingerprint density at radius 2 is 1.96 bits per heavy atom. The van der Waals surface area contributed by atoms with Crippen LogP contribution in [0.3, 0.4) is 0 Å². The molecule has 6 heterocycles. The number of aromatic nitrogens is 3. The van der Waals surface area contributed by atoms with Crippen LogP contribution >= 0.6 is 0 Å². The van der Waals surface area contributed by atoms with Crippen LogP contribution in [0.25, 0.3) is 32.9 Å². The molecule has 11 heteroatoms. The zero-order valence-electron chi connectivity index (χ0n) is 30.2. The molecule has 0 radical (unpaired) electrons. The number of aromatic hydroxyl groups is 1. The lowest BCUT2D eigenvalue weighted by molar-refractivity contribution is 0.108. The van der Waals surface area contributed by atoms with Crippen molar-refractivity contribution in [3.05, 3.63) is 65.8 Å². The van der Waals surface area contributed by atoms with E-state index >= 15 is 8.78 Å². The van der Waals surface area contributed by atoms with Crippen LogP contribution in [0, 0.1) is 24.0 Å². The van der Waals surface area contributed by atoms with Gasteiger partial charge in [-0.25, -0.2) is 13.8 Å². The van der Waals surface area contributed by atoms with Gasteiger partial charge in [-0.3, -0.25) is 4.90 Å². The minimum atomic E-state index is -3.01. The smallest absolute Gasteiger partial charge is 0.319 e. The van der Waals surface area contributed by atoms with Gasteiger partial charge in [-0.05, 0) is 55.7 Å². The predicted molar refractivity (Wildman–Crippen MR) is 185 cm³/mol. The molecule has 2 N–H and O–H groups in total. The number of phenols is 1. The minimum Gasteiger partial charge on any atom is -0.508 e. The zero-order valence-corrected chi connectivity index (χ0v) is 27.2. The number of terminal acetylenes is 1. The third-order valence-electron chi connectivity index (χ3n) is 10.8. The molecule has 4 aliphatic rings. The van der Waals surface area contributed by atoms with Gasteiger partial charge in [-0.1, -0.05) is 43.2 Å². The molecule has 4 aromatic rings. The van der Waals surface area contributed by atoms with Gasteiger partial charge in [0, 0.05) is 48.7 Å². The highest BCUT2D eigenvalue weighted by Gasteiger charge is 2.48. The fourth-order valence-corrected chi connectivity index (χ4v) is 8.59. The lowest BCUT2D eigenvalue weighted by Gasteiger charge is -2.42. The number of rotatable bonds is 7. The molecular weight excluding hydrogens is 626 g/mol. The molecule has 252 valence electrons. The molecule has 0 saturated carbocycles. The van der Waals surface area contributed by atoms with E-state index in [0.29, 0.717) is 44.4 Å². The van der Waals surface area contributed by atoms with Crippen LogP contribution in [0.1, 0.15) is 48.7 Å². The van der Waals surface area contributed by atoms with Crippen molar-refractivity contribution < 1.29 is 27.5 Å². The van der Waals surface area contributed by atoms with Crippen LogP contribution in [0.5, 0.6) is 17.6 Å². The van der Waals surface area contributed by atoms with Crippen molar-refractivity contribution in [3.8, 4) is 41.2 Å². The van der Waals surface area contributed by atoms with Crippen molar-refractivity contribution in [1.82, 2.24) is 25.2 Å². The van der Waals surface area contributed by atoms with E-state index in [1.807, 2.05) is 4.90 Å². The Balaban J connectivity index is 1.37. The van der Waals surface area contributed by atoms with Crippen LogP contribution in [-0.2, 0) is 0 Å². The largest absolute Gasteiger partial charge is 0.508 e. The van der Waals surface area contributed by atoms with Crippen LogP contribution < -0.4 is 19.7 Å². The standard InChI is InChI=1S/C38H38F2N6O3/c1-6-26-28(39)9-8-23-12-25(47)13-27(29(23)26)32-31(40)33-30(35(41-32)48-5)34(45-18-24-10-11-37(7-2,19-45)44-24)43-36(42-33)49-20-38-14-21(3)16-46(38)17-22(4)15-38/h1,8-9,12-13,24,44,47H,3-4,7,10-11,14-20H2,2,5H3/i5D3. The number of halogens is 2. The lowest BCUT2D eigenvalue weighted by atomic mass is 9.92. The molecule has 4 fully saturated rings. The predicted octanol–water partition coefficient (Wildman–Crippen LogP) is 5.88. The molecule has 9 nitrogen and oxygen atoms in total. The molecule has 2 aromatic carbocycles. The quantitative estimate of drug-likeness (QED) is 0.185. The topological polar surface area (TPSA) is 95.9 Å². The van der Waals surface area contributed by atoms with Gasteiger partial charge in [0.2, 0.25) is 5.88 Å². The summed E-state index contributed by atoms with van der Waals surface area (Å²) in [6.45, 7) is 13.1. The third-order valence-corrected chi connectivity index (χ3v) is 10.8. The van der Waals surface area contributed by atoms with Gasteiger partial charge in [0.05, 0.1) is 22.3 Å². The van der Waals surface area contributed by atoms with Crippen molar-refractivity contribution in [2.45, 2.75) is 56.1 Å². The van der Waals surface area contributed by atoms with E-state index in [1.165, 1.54) is 18.2 Å². The van der Waals surface area contributed by atoms with Crippen LogP contribution in [0.4, 0.5) is 14.6 Å². The summed E-state index contributed by atoms with van der Waals surface area (Å²) in [5.74, 6) is 0.104. The van der Waals surface area contributed by atoms with E-state index in [0.717, 1.165) is 36.5 Å². The van der Waals surface area contributed by atoms with Gasteiger partial charge in [0.25, 0.3) is 0 Å². The van der Waals surface area contributed by atoms with Crippen LogP contribution in [0.15, 0.2) is 48.6 Å². The first kappa shape index (κ1) is 28.1. The highest BCUT2D eigenvalue weighted by molar-refractivity contribution is 6.04. The van der Waals surface area contributed by atoms with Crippen molar-refractivity contribution >= 4 is 27.5 Å². The van der Waals surface area contributed by atoms with E-state index in [1.54, 1.807) is 0 Å². The second-order valence-electron chi connectivity index (χ2n) is 14.0. The molecule has 8 rings (SSSR count). The number of anilines is 1. The molecule has 0 aliphatic carbocycles. The molecule has 0 amide bonds. The average molecular weight is 668 g/mol. The molecule has 2 unspecified atom stereocenters. The number of pyridine rings is 1. The molecule has 49 heavy (non-hydrogen) atoms. The summed E-state index contributed by atoms with van der Waals surface area (Å²) in [6.07, 6.45) is 9.80. The number of hydrogen-bond acceptors (Lipinski definition) is 9. The average Bonchev–Trinajstić information content (AvgIpc) is 3.68. The van der Waals surface area contributed by atoms with Crippen LogP contribution in [-0.4, -0.2) is 81.9 Å². The number of methoxy groups -OCH3 is 1. The molecule has 4 saturated heterocycles. The van der Waals surface area contributed by atoms with Crippen molar-refractivity contribution in [2.24, 2.45) is 0 Å². The van der Waals surface area contributed by atoms with E-state index < -0.39 is 35.8 Å². The number of ether oxygens (including phenoxy) is 2. The first-order valence-corrected chi connectivity index (χ1v) is 16.5. The first-order valence-electron chi connectivity index (χ1n) is 18.0. The van der Waals surface area contributed by atoms with Gasteiger partial charge in [-0.15, -0.1) is 6.42 Å². The summed E-state index contributed by atoms with van der Waals surface area (Å²) in [7, 11) is -3.01. The fourth-order valence-electron chi connectivity index (χ4n) is 8.59. The third kappa shape index (κ3) is 4.99. The minimum absolute atomic E-state index is 0.0478. The molecule has 0 spiro atoms. The number of nitrogens with zero attached hydrogens (tertiary/aromatic N) is 5. The van der Waals surface area contributed by atoms with Gasteiger partial charge in [0.15, 0.2) is 5.82 Å². The number of nitrogens with one attached hydrogen (secondary N) is 1. The maximum Gasteiger partial charge on any atom is 0.319 e. The number of hydrogen-bond donors (Lipinski definition) is 2. The van der Waals surface area contributed by atoms with Crippen molar-refractivity contribution in [2.75, 3.05) is 44.7 Å². The number of fused-ring (bicyclic) bond motifs is 5. The Bertz CT molecular complexity index is 2220. The zero-order chi connectivity index (χ0) is 36.7. The van der Waals surface area contributed by atoms with Gasteiger partial charge >= 0.3 is 6.01 Å². The molecule has 2 atom stereocenters. The number of phenolic OH excluding ortho intramolecular Hbond substituents is 1. The first-order chi connectivity index (χ1) is 24.7. The van der Waals surface area contributed by atoms with E-state index in [9.17, 15) is 5.11 Å². The van der Waals surface area contributed by atoms with Gasteiger partial charge in [-0.2, -0.15) is 9.97 Å².